The summed E-state index contributed by atoms with van der Waals surface area (Å²) in [6.07, 6.45) is 6.70. The number of ketones is 1. The molecule has 5 atom stereocenters. The number of carbonyl (C=O) groups excluding carboxylic acids is 4. The van der Waals surface area contributed by atoms with Crippen LogP contribution in [-0.2, 0) is 19.1 Å². The summed E-state index contributed by atoms with van der Waals surface area (Å²) in [5.74, 6) is 1.34. The first-order valence-electron chi connectivity index (χ1n) is 13.5. The van der Waals surface area contributed by atoms with Gasteiger partial charge in [-0.25, -0.2) is 19.8 Å². The van der Waals surface area contributed by atoms with E-state index in [1.54, 1.807) is 19.3 Å². The fraction of sp³-hybridized carbons (Fsp3) is 0.481. The zero-order valence-electron chi connectivity index (χ0n) is 23.0. The highest BCUT2D eigenvalue weighted by Crippen LogP contribution is 2.46. The fourth-order valence-electron chi connectivity index (χ4n) is 5.69. The zero-order valence-corrected chi connectivity index (χ0v) is 23.0. The van der Waals surface area contributed by atoms with E-state index in [1.165, 1.54) is 42.9 Å². The molecule has 2 saturated heterocycles. The molecule has 4 unspecified atom stereocenters. The molecule has 0 bridgehead atoms. The van der Waals surface area contributed by atoms with Gasteiger partial charge in [-0.3, -0.25) is 24.3 Å². The number of imide groups is 1. The Labute approximate surface area is 236 Å². The molecule has 214 valence electrons. The van der Waals surface area contributed by atoms with Crippen molar-refractivity contribution < 1.29 is 23.9 Å². The number of hydrogen-bond acceptors (Lipinski definition) is 11. The van der Waals surface area contributed by atoms with Gasteiger partial charge in [-0.15, -0.1) is 0 Å². The standard InChI is InChI=1S/C27H31N9O5/c1-15(36-14-30-24-23(36)26(39)35(27(40)33(24)2)12-19(37)13-41-3)25(38)32-21-9-28-8-20(31-21)16-4-5-22(29-7-16)34-10-17-6-18(17)11-34/h4-5,7-9,14-15,17-18,23-24H,6,10-13H2,1-3H3,(H,31,32,38)/t15-,17?,18?,23?,24?/m0/s1. The third-order valence-electron chi connectivity index (χ3n) is 8.10. The van der Waals surface area contributed by atoms with Gasteiger partial charge in [-0.2, -0.15) is 0 Å². The summed E-state index contributed by atoms with van der Waals surface area (Å²) in [5.41, 5.74) is 1.33. The second kappa shape index (κ2) is 10.5. The van der Waals surface area contributed by atoms with Crippen LogP contribution >= 0.6 is 0 Å². The largest absolute Gasteiger partial charge is 0.377 e. The van der Waals surface area contributed by atoms with E-state index in [-0.39, 0.29) is 12.4 Å². The number of urea groups is 1. The number of fused-ring (bicyclic) bond motifs is 2. The van der Waals surface area contributed by atoms with E-state index in [2.05, 4.69) is 30.2 Å². The number of anilines is 2. The van der Waals surface area contributed by atoms with Gasteiger partial charge in [0.05, 0.1) is 31.0 Å². The molecule has 0 aromatic carbocycles. The monoisotopic (exact) mass is 561 g/mol. The van der Waals surface area contributed by atoms with Crippen molar-refractivity contribution >= 4 is 41.6 Å². The molecule has 4 aliphatic rings. The summed E-state index contributed by atoms with van der Waals surface area (Å²) in [4.78, 5) is 75.1. The molecule has 3 fully saturated rings. The molecule has 3 aliphatic heterocycles. The lowest BCUT2D eigenvalue weighted by atomic mass is 10.1. The Morgan fingerprint density at radius 2 is 1.93 bits per heavy atom. The molecule has 4 amide bonds. The van der Waals surface area contributed by atoms with E-state index in [9.17, 15) is 19.2 Å². The quantitative estimate of drug-likeness (QED) is 0.457. The number of ether oxygens (including phenoxy) is 1. The minimum atomic E-state index is -0.961. The second-order valence-electron chi connectivity index (χ2n) is 10.9. The van der Waals surface area contributed by atoms with Gasteiger partial charge in [-0.1, -0.05) is 0 Å². The van der Waals surface area contributed by atoms with Crippen molar-refractivity contribution in [2.45, 2.75) is 31.6 Å². The molecule has 6 rings (SSSR count). The van der Waals surface area contributed by atoms with Gasteiger partial charge in [0.25, 0.3) is 5.91 Å². The molecule has 1 N–H and O–H groups in total. The third kappa shape index (κ3) is 4.99. The van der Waals surface area contributed by atoms with Crippen LogP contribution in [-0.4, -0.2) is 118 Å². The van der Waals surface area contributed by atoms with E-state index in [0.717, 1.165) is 41.2 Å². The number of nitrogens with one attached hydrogen (secondary N) is 1. The summed E-state index contributed by atoms with van der Waals surface area (Å²) in [5, 5.41) is 2.76. The highest BCUT2D eigenvalue weighted by molar-refractivity contribution is 6.05. The van der Waals surface area contributed by atoms with E-state index >= 15 is 0 Å². The summed E-state index contributed by atoms with van der Waals surface area (Å²) in [6, 6.07) is 1.48. The second-order valence-corrected chi connectivity index (χ2v) is 10.9. The minimum absolute atomic E-state index is 0.229. The highest BCUT2D eigenvalue weighted by atomic mass is 16.5. The normalized spacial score (nSPS) is 25.3. The van der Waals surface area contributed by atoms with Gasteiger partial charge in [0.2, 0.25) is 5.91 Å². The predicted octanol–water partition coefficient (Wildman–Crippen LogP) is 0.470. The van der Waals surface area contributed by atoms with Crippen LogP contribution < -0.4 is 10.2 Å². The number of methoxy groups -OCH3 is 1. The summed E-state index contributed by atoms with van der Waals surface area (Å²) < 4.78 is 4.83. The molecule has 2 aromatic rings. The van der Waals surface area contributed by atoms with Crippen molar-refractivity contribution in [2.75, 3.05) is 50.6 Å². The molecule has 1 saturated carbocycles. The van der Waals surface area contributed by atoms with Crippen LogP contribution in [0.15, 0.2) is 35.7 Å². The lowest BCUT2D eigenvalue weighted by Gasteiger charge is -2.42. The molecular formula is C27H31N9O5. The average molecular weight is 562 g/mol. The van der Waals surface area contributed by atoms with Crippen molar-refractivity contribution in [3.8, 4) is 11.3 Å². The molecule has 2 aromatic heterocycles. The van der Waals surface area contributed by atoms with Gasteiger partial charge in [0, 0.05) is 39.0 Å². The van der Waals surface area contributed by atoms with Crippen LogP contribution in [0, 0.1) is 11.8 Å². The number of aliphatic imine (C=N–C) groups is 1. The number of Topliss-reactive ketones (excluding diaryl/α,β-unsaturated/α-hetero) is 1. The fourth-order valence-corrected chi connectivity index (χ4v) is 5.69. The van der Waals surface area contributed by atoms with Gasteiger partial charge in [-0.05, 0) is 37.3 Å². The van der Waals surface area contributed by atoms with Crippen LogP contribution in [0.25, 0.3) is 11.3 Å². The molecule has 0 radical (unpaired) electrons. The Hall–Kier alpha value is -4.46. The van der Waals surface area contributed by atoms with E-state index in [1.807, 2.05) is 12.1 Å². The molecule has 14 heteroatoms. The van der Waals surface area contributed by atoms with E-state index < -0.39 is 48.4 Å². The number of nitrogens with zero attached hydrogens (tertiary/aromatic N) is 8. The van der Waals surface area contributed by atoms with Crippen LogP contribution in [0.1, 0.15) is 13.3 Å². The molecule has 41 heavy (non-hydrogen) atoms. The van der Waals surface area contributed by atoms with Crippen molar-refractivity contribution in [3.05, 3.63) is 30.7 Å². The molecule has 0 spiro atoms. The maximum absolute atomic E-state index is 13.3. The summed E-state index contributed by atoms with van der Waals surface area (Å²) in [6.45, 7) is 3.08. The minimum Gasteiger partial charge on any atom is -0.377 e. The molecule has 14 nitrogen and oxygen atoms in total. The zero-order chi connectivity index (χ0) is 28.8. The Balaban J connectivity index is 1.13. The third-order valence-corrected chi connectivity index (χ3v) is 8.10. The van der Waals surface area contributed by atoms with Crippen molar-refractivity contribution in [1.29, 1.82) is 0 Å². The van der Waals surface area contributed by atoms with Crippen LogP contribution in [0.3, 0.4) is 0 Å². The Morgan fingerprint density at radius 1 is 1.15 bits per heavy atom. The Morgan fingerprint density at radius 3 is 2.63 bits per heavy atom. The first-order valence-corrected chi connectivity index (χ1v) is 13.5. The molecule has 5 heterocycles. The maximum atomic E-state index is 13.3. The van der Waals surface area contributed by atoms with Crippen molar-refractivity contribution in [3.63, 3.8) is 0 Å². The van der Waals surface area contributed by atoms with Crippen molar-refractivity contribution in [1.82, 2.24) is 29.7 Å². The number of amides is 4. The number of piperidine rings is 1. The topological polar surface area (TPSA) is 154 Å². The van der Waals surface area contributed by atoms with E-state index in [4.69, 9.17) is 4.74 Å². The molecular weight excluding hydrogens is 530 g/mol. The van der Waals surface area contributed by atoms with Gasteiger partial charge < -0.3 is 24.8 Å². The number of hydrogen-bond donors (Lipinski definition) is 1. The van der Waals surface area contributed by atoms with Crippen LogP contribution in [0.5, 0.6) is 0 Å². The van der Waals surface area contributed by atoms with E-state index in [0.29, 0.717) is 5.69 Å². The average Bonchev–Trinajstić information content (AvgIpc) is 3.35. The predicted molar refractivity (Wildman–Crippen MR) is 147 cm³/mol. The maximum Gasteiger partial charge on any atom is 0.328 e. The summed E-state index contributed by atoms with van der Waals surface area (Å²) in [7, 11) is 2.86. The first-order chi connectivity index (χ1) is 19.7. The number of likely N-dealkylation sites (N-methyl/N-ethyl adjacent to an activating group) is 1. The lowest BCUT2D eigenvalue weighted by Crippen LogP contribution is -2.66. The van der Waals surface area contributed by atoms with Gasteiger partial charge in [0.1, 0.15) is 18.5 Å². The number of carbonyl (C=O) groups is 4. The van der Waals surface area contributed by atoms with Gasteiger partial charge >= 0.3 is 6.03 Å². The Bertz CT molecular complexity index is 1410. The highest BCUT2D eigenvalue weighted by Gasteiger charge is 2.51. The first kappa shape index (κ1) is 26.7. The SMILES string of the molecule is COCC(=O)CN1C(=O)C2C(N=CN2[C@@H](C)C(=O)Nc2cncc(-c3ccc(N4CC5CC5C4)nc3)n2)N(C)C1=O. The van der Waals surface area contributed by atoms with Crippen LogP contribution in [0.4, 0.5) is 16.4 Å². The van der Waals surface area contributed by atoms with Gasteiger partial charge in [0.15, 0.2) is 23.8 Å². The van der Waals surface area contributed by atoms with Crippen LogP contribution in [0.2, 0.25) is 0 Å². The lowest BCUT2D eigenvalue weighted by molar-refractivity contribution is -0.142. The van der Waals surface area contributed by atoms with Crippen molar-refractivity contribution in [2.24, 2.45) is 16.8 Å². The number of pyridine rings is 1. The number of rotatable bonds is 9. The number of aromatic nitrogens is 3. The molecule has 1 aliphatic carbocycles. The summed E-state index contributed by atoms with van der Waals surface area (Å²) >= 11 is 0. The smallest absolute Gasteiger partial charge is 0.328 e. The Kier molecular flexibility index (Phi) is 6.85.